The summed E-state index contributed by atoms with van der Waals surface area (Å²) in [6.45, 7) is 5.21. The lowest BCUT2D eigenvalue weighted by molar-refractivity contribution is -0.134. The predicted octanol–water partition coefficient (Wildman–Crippen LogP) is 5.56. The summed E-state index contributed by atoms with van der Waals surface area (Å²) in [6.07, 6.45) is 1.03. The number of amides is 3. The van der Waals surface area contributed by atoms with E-state index in [9.17, 15) is 9.59 Å². The van der Waals surface area contributed by atoms with Gasteiger partial charge in [0, 0.05) is 51.1 Å². The lowest BCUT2D eigenvalue weighted by atomic mass is 9.88. The van der Waals surface area contributed by atoms with E-state index in [1.807, 2.05) is 41.3 Å². The van der Waals surface area contributed by atoms with Gasteiger partial charge in [0.2, 0.25) is 5.91 Å². The minimum absolute atomic E-state index is 0.0875. The van der Waals surface area contributed by atoms with Gasteiger partial charge in [0.05, 0.1) is 10.2 Å². The standard InChI is InChI=1S/C31H35N5O2S/c1-23-22-32-18-21-36(23)29(37)17-20-35(31(38)34-30-33-27-14-8-9-15-28(27)39-30)19-16-26(24-10-4-2-5-11-24)25-12-6-3-7-13-25/h2-15,23,26,32H,16-22H2,1H3,(H,33,34,38)/t23-/m1/s1. The number of aromatic nitrogens is 1. The first-order chi connectivity index (χ1) is 19.1. The fourth-order valence-corrected chi connectivity index (χ4v) is 6.03. The van der Waals surface area contributed by atoms with Crippen LogP contribution in [0.4, 0.5) is 9.93 Å². The molecule has 8 heteroatoms. The second kappa shape index (κ2) is 12.9. The number of thiazole rings is 1. The third kappa shape index (κ3) is 6.82. The molecule has 3 amide bonds. The highest BCUT2D eigenvalue weighted by Gasteiger charge is 2.25. The summed E-state index contributed by atoms with van der Waals surface area (Å²) >= 11 is 1.46. The van der Waals surface area contributed by atoms with Crippen molar-refractivity contribution >= 4 is 38.6 Å². The first-order valence-corrected chi connectivity index (χ1v) is 14.4. The van der Waals surface area contributed by atoms with Crippen molar-refractivity contribution in [1.82, 2.24) is 20.1 Å². The van der Waals surface area contributed by atoms with Gasteiger partial charge >= 0.3 is 6.03 Å². The Hall–Kier alpha value is -3.75. The van der Waals surface area contributed by atoms with Crippen molar-refractivity contribution in [1.29, 1.82) is 0 Å². The Balaban J connectivity index is 1.33. The van der Waals surface area contributed by atoms with Gasteiger partial charge < -0.3 is 15.1 Å². The zero-order chi connectivity index (χ0) is 27.0. The Morgan fingerprint density at radius 2 is 1.67 bits per heavy atom. The summed E-state index contributed by atoms with van der Waals surface area (Å²) in [5.74, 6) is 0.221. The van der Waals surface area contributed by atoms with Crippen LogP contribution in [0.3, 0.4) is 0 Å². The molecule has 7 nitrogen and oxygen atoms in total. The number of piperazine rings is 1. The molecule has 39 heavy (non-hydrogen) atoms. The van der Waals surface area contributed by atoms with Crippen LogP contribution in [0.25, 0.3) is 10.2 Å². The molecule has 0 bridgehead atoms. The molecule has 0 aliphatic carbocycles. The molecule has 1 atom stereocenters. The van der Waals surface area contributed by atoms with Gasteiger partial charge in [-0.25, -0.2) is 9.78 Å². The smallest absolute Gasteiger partial charge is 0.323 e. The quantitative estimate of drug-likeness (QED) is 0.291. The molecule has 202 valence electrons. The van der Waals surface area contributed by atoms with Crippen molar-refractivity contribution < 1.29 is 9.59 Å². The summed E-state index contributed by atoms with van der Waals surface area (Å²) in [4.78, 5) is 35.0. The van der Waals surface area contributed by atoms with Gasteiger partial charge in [0.25, 0.3) is 0 Å². The average Bonchev–Trinajstić information content (AvgIpc) is 3.38. The summed E-state index contributed by atoms with van der Waals surface area (Å²) in [6, 6.07) is 28.6. The van der Waals surface area contributed by atoms with Crippen molar-refractivity contribution in [2.45, 2.75) is 31.7 Å². The van der Waals surface area contributed by atoms with Gasteiger partial charge in [-0.2, -0.15) is 0 Å². The van der Waals surface area contributed by atoms with Crippen LogP contribution in [0.1, 0.15) is 36.8 Å². The monoisotopic (exact) mass is 541 g/mol. The van der Waals surface area contributed by atoms with E-state index in [-0.39, 0.29) is 23.9 Å². The zero-order valence-electron chi connectivity index (χ0n) is 22.3. The predicted molar refractivity (Wildman–Crippen MR) is 158 cm³/mol. The first kappa shape index (κ1) is 26.8. The highest BCUT2D eigenvalue weighted by molar-refractivity contribution is 7.22. The molecule has 0 unspecified atom stereocenters. The Labute approximate surface area is 233 Å². The molecular formula is C31H35N5O2S. The van der Waals surface area contributed by atoms with E-state index in [4.69, 9.17) is 0 Å². The molecule has 1 aliphatic heterocycles. The molecule has 3 aromatic carbocycles. The molecule has 5 rings (SSSR count). The topological polar surface area (TPSA) is 77.6 Å². The largest absolute Gasteiger partial charge is 0.337 e. The lowest BCUT2D eigenvalue weighted by Crippen LogP contribution is -2.52. The maximum Gasteiger partial charge on any atom is 0.323 e. The third-order valence-corrected chi connectivity index (χ3v) is 8.26. The Bertz CT molecular complexity index is 1310. The number of carbonyl (C=O) groups excluding carboxylic acids is 2. The van der Waals surface area contributed by atoms with Crippen molar-refractivity contribution in [3.8, 4) is 0 Å². The number of para-hydroxylation sites is 1. The van der Waals surface area contributed by atoms with E-state index in [2.05, 4.69) is 71.1 Å². The summed E-state index contributed by atoms with van der Waals surface area (Å²) < 4.78 is 1.02. The number of nitrogens with zero attached hydrogens (tertiary/aromatic N) is 3. The minimum atomic E-state index is -0.227. The van der Waals surface area contributed by atoms with Crippen LogP contribution in [0.15, 0.2) is 84.9 Å². The van der Waals surface area contributed by atoms with Gasteiger partial charge in [0.15, 0.2) is 5.13 Å². The van der Waals surface area contributed by atoms with E-state index < -0.39 is 0 Å². The summed E-state index contributed by atoms with van der Waals surface area (Å²) in [5.41, 5.74) is 3.28. The molecule has 1 aliphatic rings. The highest BCUT2D eigenvalue weighted by atomic mass is 32.1. The number of fused-ring (bicyclic) bond motifs is 1. The molecule has 2 N–H and O–H groups in total. The fourth-order valence-electron chi connectivity index (χ4n) is 5.18. The van der Waals surface area contributed by atoms with E-state index in [1.165, 1.54) is 22.5 Å². The van der Waals surface area contributed by atoms with Crippen LogP contribution >= 0.6 is 11.3 Å². The SMILES string of the molecule is C[C@@H]1CNCCN1C(=O)CCN(CCC(c1ccccc1)c1ccccc1)C(=O)Nc1nc2ccccc2s1. The first-order valence-electron chi connectivity index (χ1n) is 13.6. The fraction of sp³-hybridized carbons (Fsp3) is 0.323. The number of carbonyl (C=O) groups is 2. The van der Waals surface area contributed by atoms with Crippen LogP contribution in [-0.2, 0) is 4.79 Å². The molecule has 4 aromatic rings. The second-order valence-electron chi connectivity index (χ2n) is 9.96. The van der Waals surface area contributed by atoms with Crippen LogP contribution in [0.5, 0.6) is 0 Å². The van der Waals surface area contributed by atoms with Crippen LogP contribution in [0, 0.1) is 0 Å². The van der Waals surface area contributed by atoms with Crippen molar-refractivity contribution in [3.05, 3.63) is 96.1 Å². The van der Waals surface area contributed by atoms with Crippen LogP contribution in [-0.4, -0.2) is 65.5 Å². The Kier molecular flexibility index (Phi) is 8.85. The third-order valence-electron chi connectivity index (χ3n) is 7.30. The normalized spacial score (nSPS) is 15.4. The highest BCUT2D eigenvalue weighted by Crippen LogP contribution is 2.29. The molecule has 0 spiro atoms. The van der Waals surface area contributed by atoms with Crippen molar-refractivity contribution in [3.63, 3.8) is 0 Å². The molecule has 1 aromatic heterocycles. The van der Waals surface area contributed by atoms with Crippen molar-refractivity contribution in [2.75, 3.05) is 38.0 Å². The average molecular weight is 542 g/mol. The van der Waals surface area contributed by atoms with Gasteiger partial charge in [-0.15, -0.1) is 0 Å². The molecule has 0 radical (unpaired) electrons. The molecule has 2 heterocycles. The Morgan fingerprint density at radius 3 is 2.33 bits per heavy atom. The van der Waals surface area contributed by atoms with E-state index in [1.54, 1.807) is 4.90 Å². The number of hydrogen-bond acceptors (Lipinski definition) is 5. The van der Waals surface area contributed by atoms with Crippen LogP contribution < -0.4 is 10.6 Å². The maximum atomic E-state index is 13.6. The zero-order valence-corrected chi connectivity index (χ0v) is 23.1. The summed E-state index contributed by atoms with van der Waals surface area (Å²) in [5, 5.41) is 6.90. The van der Waals surface area contributed by atoms with Crippen molar-refractivity contribution in [2.24, 2.45) is 0 Å². The lowest BCUT2D eigenvalue weighted by Gasteiger charge is -2.34. The van der Waals surface area contributed by atoms with Gasteiger partial charge in [-0.1, -0.05) is 84.1 Å². The number of anilines is 1. The van der Waals surface area contributed by atoms with Gasteiger partial charge in [0.1, 0.15) is 0 Å². The summed E-state index contributed by atoms with van der Waals surface area (Å²) in [7, 11) is 0. The molecule has 1 saturated heterocycles. The Morgan fingerprint density at radius 1 is 1.00 bits per heavy atom. The number of urea groups is 1. The number of nitrogens with one attached hydrogen (secondary N) is 2. The number of benzene rings is 3. The number of hydrogen-bond donors (Lipinski definition) is 2. The van der Waals surface area contributed by atoms with E-state index in [0.29, 0.717) is 31.2 Å². The maximum absolute atomic E-state index is 13.6. The van der Waals surface area contributed by atoms with E-state index in [0.717, 1.165) is 29.7 Å². The molecule has 0 saturated carbocycles. The van der Waals surface area contributed by atoms with Crippen LogP contribution in [0.2, 0.25) is 0 Å². The minimum Gasteiger partial charge on any atom is -0.337 e. The molecule has 1 fully saturated rings. The second-order valence-corrected chi connectivity index (χ2v) is 11.0. The van der Waals surface area contributed by atoms with Gasteiger partial charge in [-0.3, -0.25) is 10.1 Å². The van der Waals surface area contributed by atoms with Gasteiger partial charge in [-0.05, 0) is 36.6 Å². The molecular weight excluding hydrogens is 506 g/mol. The number of rotatable bonds is 9. The van der Waals surface area contributed by atoms with E-state index >= 15 is 0 Å².